The summed E-state index contributed by atoms with van der Waals surface area (Å²) in [6, 6.07) is 0. The number of nitrogens with zero attached hydrogens (tertiary/aromatic N) is 2. The largest absolute Gasteiger partial charge is 0.481 e. The normalized spacial score (nSPS) is 23.8. The Hall–Kier alpha value is -1.39. The van der Waals surface area contributed by atoms with Crippen LogP contribution in [0.5, 0.6) is 0 Å². The van der Waals surface area contributed by atoms with Crippen LogP contribution in [0.3, 0.4) is 0 Å². The van der Waals surface area contributed by atoms with Crippen LogP contribution in [0.2, 0.25) is 0 Å². The third kappa shape index (κ3) is 3.81. The Labute approximate surface area is 119 Å². The average Bonchev–Trinajstić information content (AvgIpc) is 2.84. The fraction of sp³-hybridized carbons (Fsp3) is 0.800. The predicted octanol–water partition coefficient (Wildman–Crippen LogP) is 3.41. The van der Waals surface area contributed by atoms with Gasteiger partial charge in [-0.25, -0.2) is 0 Å². The summed E-state index contributed by atoms with van der Waals surface area (Å²) in [5.74, 6) is 1.40. The Morgan fingerprint density at radius 1 is 1.25 bits per heavy atom. The van der Waals surface area contributed by atoms with Crippen LogP contribution in [0.4, 0.5) is 0 Å². The van der Waals surface area contributed by atoms with Gasteiger partial charge < -0.3 is 9.52 Å². The first-order valence-electron chi connectivity index (χ1n) is 7.40. The Balaban J connectivity index is 1.89. The molecule has 2 rings (SSSR count). The SMILES string of the molecule is CC(C)(C)C1CCC(c2nnc(CCC(=O)O)o2)CC1. The van der Waals surface area contributed by atoms with Gasteiger partial charge in [0, 0.05) is 12.3 Å². The molecule has 0 unspecified atom stereocenters. The number of hydrogen-bond acceptors (Lipinski definition) is 4. The lowest BCUT2D eigenvalue weighted by molar-refractivity contribution is -0.137. The van der Waals surface area contributed by atoms with Crippen molar-refractivity contribution in [3.8, 4) is 0 Å². The van der Waals surface area contributed by atoms with Gasteiger partial charge in [0.15, 0.2) is 0 Å². The summed E-state index contributed by atoms with van der Waals surface area (Å²) >= 11 is 0. The molecule has 1 aromatic rings. The molecule has 0 aliphatic heterocycles. The van der Waals surface area contributed by atoms with Gasteiger partial charge >= 0.3 is 5.97 Å². The molecule has 1 aliphatic rings. The van der Waals surface area contributed by atoms with Crippen molar-refractivity contribution in [2.75, 3.05) is 0 Å². The van der Waals surface area contributed by atoms with Gasteiger partial charge in [0.1, 0.15) is 0 Å². The molecule has 0 atom stereocenters. The van der Waals surface area contributed by atoms with Crippen molar-refractivity contribution in [1.29, 1.82) is 0 Å². The van der Waals surface area contributed by atoms with Gasteiger partial charge in [0.05, 0.1) is 6.42 Å². The summed E-state index contributed by atoms with van der Waals surface area (Å²) < 4.78 is 5.61. The van der Waals surface area contributed by atoms with E-state index in [9.17, 15) is 4.79 Å². The van der Waals surface area contributed by atoms with Gasteiger partial charge in [0.25, 0.3) is 0 Å². The van der Waals surface area contributed by atoms with E-state index in [1.165, 1.54) is 12.8 Å². The first-order valence-corrected chi connectivity index (χ1v) is 7.40. The maximum Gasteiger partial charge on any atom is 0.303 e. The summed E-state index contributed by atoms with van der Waals surface area (Å²) in [7, 11) is 0. The first-order chi connectivity index (χ1) is 9.36. The third-order valence-corrected chi connectivity index (χ3v) is 4.34. The Morgan fingerprint density at radius 2 is 1.90 bits per heavy atom. The standard InChI is InChI=1S/C15H24N2O3/c1-15(2,3)11-6-4-10(5-7-11)14-17-16-12(20-14)8-9-13(18)19/h10-11H,4-9H2,1-3H3,(H,18,19). The summed E-state index contributed by atoms with van der Waals surface area (Å²) in [5, 5.41) is 16.7. The van der Waals surface area contributed by atoms with E-state index in [0.29, 0.717) is 29.5 Å². The van der Waals surface area contributed by atoms with E-state index in [2.05, 4.69) is 31.0 Å². The summed E-state index contributed by atoms with van der Waals surface area (Å²) in [6.07, 6.45) is 4.92. The van der Waals surface area contributed by atoms with Gasteiger partial charge in [-0.2, -0.15) is 0 Å². The van der Waals surface area contributed by atoms with Crippen molar-refractivity contribution < 1.29 is 14.3 Å². The van der Waals surface area contributed by atoms with Crippen LogP contribution in [-0.2, 0) is 11.2 Å². The predicted molar refractivity (Wildman–Crippen MR) is 74.4 cm³/mol. The number of carboxylic acid groups (broad SMARTS) is 1. The number of aryl methyl sites for hydroxylation is 1. The smallest absolute Gasteiger partial charge is 0.303 e. The molecule has 1 saturated carbocycles. The fourth-order valence-electron chi connectivity index (χ4n) is 2.95. The fourth-order valence-corrected chi connectivity index (χ4v) is 2.95. The minimum absolute atomic E-state index is 0.0401. The van der Waals surface area contributed by atoms with Crippen LogP contribution in [-0.4, -0.2) is 21.3 Å². The zero-order valence-corrected chi connectivity index (χ0v) is 12.6. The average molecular weight is 280 g/mol. The highest BCUT2D eigenvalue weighted by molar-refractivity contribution is 5.66. The lowest BCUT2D eigenvalue weighted by atomic mass is 9.70. The second kappa shape index (κ2) is 5.94. The van der Waals surface area contributed by atoms with E-state index in [1.54, 1.807) is 0 Å². The molecule has 5 heteroatoms. The molecule has 112 valence electrons. The molecule has 0 amide bonds. The molecule has 0 bridgehead atoms. The molecule has 20 heavy (non-hydrogen) atoms. The third-order valence-electron chi connectivity index (χ3n) is 4.34. The van der Waals surface area contributed by atoms with Gasteiger partial charge in [0.2, 0.25) is 11.8 Å². The van der Waals surface area contributed by atoms with E-state index in [1.807, 2.05) is 0 Å². The van der Waals surface area contributed by atoms with Crippen LogP contribution >= 0.6 is 0 Å². The second-order valence-electron chi connectivity index (χ2n) is 6.84. The zero-order chi connectivity index (χ0) is 14.8. The van der Waals surface area contributed by atoms with Crippen molar-refractivity contribution in [2.45, 2.75) is 65.2 Å². The molecular weight excluding hydrogens is 256 g/mol. The highest BCUT2D eigenvalue weighted by Crippen LogP contribution is 2.42. The minimum Gasteiger partial charge on any atom is -0.481 e. The van der Waals surface area contributed by atoms with Gasteiger partial charge in [-0.15, -0.1) is 10.2 Å². The van der Waals surface area contributed by atoms with Gasteiger partial charge in [-0.1, -0.05) is 20.8 Å². The van der Waals surface area contributed by atoms with Crippen molar-refractivity contribution in [2.24, 2.45) is 11.3 Å². The number of carboxylic acids is 1. The molecule has 1 aromatic heterocycles. The molecule has 1 aliphatic carbocycles. The number of rotatable bonds is 4. The monoisotopic (exact) mass is 280 g/mol. The van der Waals surface area contributed by atoms with E-state index in [4.69, 9.17) is 9.52 Å². The summed E-state index contributed by atoms with van der Waals surface area (Å²) in [4.78, 5) is 10.5. The number of aliphatic carboxylic acids is 1. The first kappa shape index (κ1) is 15.0. The lowest BCUT2D eigenvalue weighted by Gasteiger charge is -2.36. The van der Waals surface area contributed by atoms with E-state index in [0.717, 1.165) is 18.8 Å². The van der Waals surface area contributed by atoms with Crippen LogP contribution in [0.25, 0.3) is 0 Å². The molecule has 0 aromatic carbocycles. The Kier molecular flexibility index (Phi) is 4.45. The second-order valence-corrected chi connectivity index (χ2v) is 6.84. The number of hydrogen-bond donors (Lipinski definition) is 1. The molecule has 0 saturated heterocycles. The van der Waals surface area contributed by atoms with Crippen LogP contribution in [0.1, 0.15) is 70.6 Å². The molecule has 5 nitrogen and oxygen atoms in total. The van der Waals surface area contributed by atoms with Gasteiger partial charge in [-0.05, 0) is 37.0 Å². The van der Waals surface area contributed by atoms with Crippen molar-refractivity contribution in [3.05, 3.63) is 11.8 Å². The topological polar surface area (TPSA) is 76.2 Å². The number of carbonyl (C=O) groups is 1. The minimum atomic E-state index is -0.838. The van der Waals surface area contributed by atoms with Crippen molar-refractivity contribution >= 4 is 5.97 Å². The molecular formula is C15H24N2O3. The van der Waals surface area contributed by atoms with E-state index in [-0.39, 0.29) is 6.42 Å². The maximum atomic E-state index is 10.5. The zero-order valence-electron chi connectivity index (χ0n) is 12.6. The highest BCUT2D eigenvalue weighted by atomic mass is 16.4. The highest BCUT2D eigenvalue weighted by Gasteiger charge is 2.32. The molecule has 1 fully saturated rings. The van der Waals surface area contributed by atoms with Crippen LogP contribution in [0, 0.1) is 11.3 Å². The van der Waals surface area contributed by atoms with Crippen LogP contribution < -0.4 is 0 Å². The Morgan fingerprint density at radius 3 is 2.45 bits per heavy atom. The van der Waals surface area contributed by atoms with E-state index < -0.39 is 5.97 Å². The van der Waals surface area contributed by atoms with E-state index >= 15 is 0 Å². The van der Waals surface area contributed by atoms with Crippen molar-refractivity contribution in [3.63, 3.8) is 0 Å². The Bertz CT molecular complexity index is 454. The number of aromatic nitrogens is 2. The molecule has 1 N–H and O–H groups in total. The quantitative estimate of drug-likeness (QED) is 0.914. The molecule has 0 radical (unpaired) electrons. The summed E-state index contributed by atoms with van der Waals surface area (Å²) in [6.45, 7) is 6.90. The lowest BCUT2D eigenvalue weighted by Crippen LogP contribution is -2.25. The molecule has 0 spiro atoms. The molecule has 1 heterocycles. The summed E-state index contributed by atoms with van der Waals surface area (Å²) in [5.41, 5.74) is 0.368. The van der Waals surface area contributed by atoms with Crippen LogP contribution in [0.15, 0.2) is 4.42 Å². The van der Waals surface area contributed by atoms with Gasteiger partial charge in [-0.3, -0.25) is 4.79 Å². The van der Waals surface area contributed by atoms with Crippen molar-refractivity contribution in [1.82, 2.24) is 10.2 Å². The maximum absolute atomic E-state index is 10.5.